The fraction of sp³-hybridized carbons (Fsp3) is 0.150. The molecule has 144 valence electrons. The summed E-state index contributed by atoms with van der Waals surface area (Å²) in [7, 11) is -3.81. The van der Waals surface area contributed by atoms with Gasteiger partial charge in [0.1, 0.15) is 0 Å². The summed E-state index contributed by atoms with van der Waals surface area (Å²) in [6.45, 7) is 2.10. The molecule has 0 aliphatic rings. The van der Waals surface area contributed by atoms with Crippen LogP contribution in [0, 0.1) is 0 Å². The van der Waals surface area contributed by atoms with Crippen LogP contribution >= 0.6 is 0 Å². The van der Waals surface area contributed by atoms with E-state index in [-0.39, 0.29) is 16.8 Å². The lowest BCUT2D eigenvalue weighted by atomic mass is 10.1. The molecular weight excluding hydrogens is 376 g/mol. The monoisotopic (exact) mass is 396 g/mol. The highest BCUT2D eigenvalue weighted by molar-refractivity contribution is 7.92. The van der Waals surface area contributed by atoms with Crippen LogP contribution in [0.2, 0.25) is 0 Å². The lowest BCUT2D eigenvalue weighted by Crippen LogP contribution is -2.15. The van der Waals surface area contributed by atoms with Gasteiger partial charge in [-0.05, 0) is 54.4 Å². The Balaban J connectivity index is 1.67. The molecule has 0 aliphatic heterocycles. The second kappa shape index (κ2) is 8.62. The number of benzene rings is 2. The highest BCUT2D eigenvalue weighted by Gasteiger charge is 2.15. The van der Waals surface area contributed by atoms with E-state index in [4.69, 9.17) is 0 Å². The van der Waals surface area contributed by atoms with E-state index in [0.29, 0.717) is 11.3 Å². The molecule has 1 amide bonds. The number of hydrogen-bond acceptors (Lipinski definition) is 5. The van der Waals surface area contributed by atoms with E-state index in [1.54, 1.807) is 18.2 Å². The van der Waals surface area contributed by atoms with E-state index >= 15 is 0 Å². The summed E-state index contributed by atoms with van der Waals surface area (Å²) in [6.07, 6.45) is 4.91. The first-order valence-electron chi connectivity index (χ1n) is 8.78. The van der Waals surface area contributed by atoms with E-state index in [9.17, 15) is 13.2 Å². The highest BCUT2D eigenvalue weighted by Crippen LogP contribution is 2.17. The van der Waals surface area contributed by atoms with Gasteiger partial charge in [-0.1, -0.05) is 25.5 Å². The maximum Gasteiger partial charge on any atom is 0.264 e. The highest BCUT2D eigenvalue weighted by atomic mass is 32.2. The van der Waals surface area contributed by atoms with Crippen molar-refractivity contribution in [3.8, 4) is 0 Å². The average molecular weight is 396 g/mol. The summed E-state index contributed by atoms with van der Waals surface area (Å²) in [5.41, 5.74) is 2.22. The molecule has 0 saturated carbocycles. The molecule has 1 aromatic heterocycles. The van der Waals surface area contributed by atoms with Crippen LogP contribution in [0.5, 0.6) is 0 Å². The summed E-state index contributed by atoms with van der Waals surface area (Å²) in [4.78, 5) is 20.1. The molecule has 3 aromatic rings. The number of rotatable bonds is 7. The molecule has 0 aliphatic carbocycles. The second-order valence-corrected chi connectivity index (χ2v) is 7.79. The molecule has 1 heterocycles. The standard InChI is InChI=1S/C20H20N4O3S/c1-2-4-15-5-7-16(8-6-15)19(25)23-17-9-11-18(12-10-17)28(26,27)24-20-21-13-3-14-22-20/h3,5-14H,2,4H2,1H3,(H,23,25)(H,21,22,24). The average Bonchev–Trinajstić information content (AvgIpc) is 2.69. The summed E-state index contributed by atoms with van der Waals surface area (Å²) in [5, 5.41) is 2.76. The van der Waals surface area contributed by atoms with Crippen LogP contribution in [0.3, 0.4) is 0 Å². The molecule has 8 heteroatoms. The number of hydrogen-bond donors (Lipinski definition) is 2. The minimum absolute atomic E-state index is 0.00796. The molecule has 3 rings (SSSR count). The van der Waals surface area contributed by atoms with Crippen molar-refractivity contribution < 1.29 is 13.2 Å². The Morgan fingerprint density at radius 1 is 0.964 bits per heavy atom. The Labute approximate surface area is 163 Å². The van der Waals surface area contributed by atoms with E-state index < -0.39 is 10.0 Å². The molecule has 0 fully saturated rings. The maximum absolute atomic E-state index is 12.4. The Morgan fingerprint density at radius 3 is 2.21 bits per heavy atom. The van der Waals surface area contributed by atoms with Gasteiger partial charge >= 0.3 is 0 Å². The molecular formula is C20H20N4O3S. The SMILES string of the molecule is CCCc1ccc(C(=O)Nc2ccc(S(=O)(=O)Nc3ncccn3)cc2)cc1. The number of aryl methyl sites for hydroxylation is 1. The number of nitrogens with zero attached hydrogens (tertiary/aromatic N) is 2. The molecule has 7 nitrogen and oxygen atoms in total. The van der Waals surface area contributed by atoms with Crippen molar-refractivity contribution in [3.05, 3.63) is 78.1 Å². The second-order valence-electron chi connectivity index (χ2n) is 6.10. The first-order chi connectivity index (χ1) is 13.5. The number of carbonyl (C=O) groups is 1. The van der Waals surface area contributed by atoms with E-state index in [1.165, 1.54) is 42.2 Å². The third kappa shape index (κ3) is 4.92. The zero-order valence-corrected chi connectivity index (χ0v) is 16.1. The Bertz CT molecular complexity index is 1040. The molecule has 0 spiro atoms. The first-order valence-corrected chi connectivity index (χ1v) is 10.3. The zero-order valence-electron chi connectivity index (χ0n) is 15.3. The van der Waals surface area contributed by atoms with Gasteiger partial charge in [-0.3, -0.25) is 4.79 Å². The normalized spacial score (nSPS) is 11.0. The van der Waals surface area contributed by atoms with Gasteiger partial charge in [-0.25, -0.2) is 23.1 Å². The summed E-state index contributed by atoms with van der Waals surface area (Å²) in [6, 6.07) is 14.9. The predicted octanol–water partition coefficient (Wildman–Crippen LogP) is 3.48. The smallest absolute Gasteiger partial charge is 0.264 e. The Kier molecular flexibility index (Phi) is 6.00. The van der Waals surface area contributed by atoms with Gasteiger partial charge in [0.05, 0.1) is 4.90 Å². The molecule has 0 bridgehead atoms. The molecule has 2 aromatic carbocycles. The summed E-state index contributed by atoms with van der Waals surface area (Å²) >= 11 is 0. The number of anilines is 2. The van der Waals surface area contributed by atoms with Crippen LogP contribution in [0.25, 0.3) is 0 Å². The molecule has 0 radical (unpaired) electrons. The van der Waals surface area contributed by atoms with Crippen LogP contribution in [-0.4, -0.2) is 24.3 Å². The zero-order chi connectivity index (χ0) is 20.0. The van der Waals surface area contributed by atoms with Crippen molar-refractivity contribution in [3.63, 3.8) is 0 Å². The minimum atomic E-state index is -3.81. The summed E-state index contributed by atoms with van der Waals surface area (Å²) < 4.78 is 27.0. The molecule has 28 heavy (non-hydrogen) atoms. The van der Waals surface area contributed by atoms with Crippen molar-refractivity contribution in [1.29, 1.82) is 0 Å². The lowest BCUT2D eigenvalue weighted by molar-refractivity contribution is 0.102. The molecule has 0 atom stereocenters. The van der Waals surface area contributed by atoms with E-state index in [0.717, 1.165) is 12.8 Å². The van der Waals surface area contributed by atoms with Gasteiger partial charge in [-0.2, -0.15) is 0 Å². The predicted molar refractivity (Wildman–Crippen MR) is 108 cm³/mol. The van der Waals surface area contributed by atoms with Gasteiger partial charge in [0.25, 0.3) is 15.9 Å². The maximum atomic E-state index is 12.4. The van der Waals surface area contributed by atoms with Crippen molar-refractivity contribution in [2.75, 3.05) is 10.0 Å². The Morgan fingerprint density at radius 2 is 1.61 bits per heavy atom. The quantitative estimate of drug-likeness (QED) is 0.637. The van der Waals surface area contributed by atoms with Crippen LogP contribution in [0.1, 0.15) is 29.3 Å². The molecule has 0 saturated heterocycles. The van der Waals surface area contributed by atoms with Gasteiger partial charge < -0.3 is 5.32 Å². The van der Waals surface area contributed by atoms with Crippen LogP contribution in [0.4, 0.5) is 11.6 Å². The largest absolute Gasteiger partial charge is 0.322 e. The lowest BCUT2D eigenvalue weighted by Gasteiger charge is -2.09. The van der Waals surface area contributed by atoms with Crippen molar-refractivity contribution in [2.45, 2.75) is 24.7 Å². The minimum Gasteiger partial charge on any atom is -0.322 e. The van der Waals surface area contributed by atoms with Crippen LogP contribution in [0.15, 0.2) is 71.9 Å². The number of aromatic nitrogens is 2. The number of nitrogens with one attached hydrogen (secondary N) is 2. The number of amides is 1. The number of carbonyl (C=O) groups excluding carboxylic acids is 1. The van der Waals surface area contributed by atoms with Gasteiger partial charge in [0.2, 0.25) is 5.95 Å². The van der Waals surface area contributed by atoms with E-state index in [2.05, 4.69) is 26.9 Å². The first kappa shape index (κ1) is 19.5. The molecule has 2 N–H and O–H groups in total. The van der Waals surface area contributed by atoms with E-state index in [1.807, 2.05) is 12.1 Å². The fourth-order valence-electron chi connectivity index (χ4n) is 2.56. The Hall–Kier alpha value is -3.26. The molecule has 0 unspecified atom stereocenters. The number of sulfonamides is 1. The van der Waals surface area contributed by atoms with Crippen LogP contribution < -0.4 is 10.0 Å². The third-order valence-electron chi connectivity index (χ3n) is 3.97. The van der Waals surface area contributed by atoms with Crippen molar-refractivity contribution in [2.24, 2.45) is 0 Å². The van der Waals surface area contributed by atoms with Gasteiger partial charge in [0, 0.05) is 23.6 Å². The topological polar surface area (TPSA) is 101 Å². The summed E-state index contributed by atoms with van der Waals surface area (Å²) in [5.74, 6) is -0.263. The van der Waals surface area contributed by atoms with Gasteiger partial charge in [-0.15, -0.1) is 0 Å². The van der Waals surface area contributed by atoms with Gasteiger partial charge in [0.15, 0.2) is 0 Å². The van der Waals surface area contributed by atoms with Crippen LogP contribution in [-0.2, 0) is 16.4 Å². The van der Waals surface area contributed by atoms with Crippen molar-refractivity contribution in [1.82, 2.24) is 9.97 Å². The third-order valence-corrected chi connectivity index (χ3v) is 5.31. The fourth-order valence-corrected chi connectivity index (χ4v) is 3.52. The van der Waals surface area contributed by atoms with Crippen molar-refractivity contribution >= 4 is 27.6 Å².